The molecule has 1 heterocycles. The van der Waals surface area contributed by atoms with Gasteiger partial charge in [0.05, 0.1) is 19.9 Å². The minimum absolute atomic E-state index is 0.00785. The maximum atomic E-state index is 12.0. The molecular formula is C22H29N3O4. The Morgan fingerprint density at radius 3 is 2.31 bits per heavy atom. The molecule has 1 amide bonds. The number of piperazine rings is 1. The second-order valence-corrected chi connectivity index (χ2v) is 6.81. The molecule has 0 aromatic heterocycles. The highest BCUT2D eigenvalue weighted by molar-refractivity contribution is 5.77. The van der Waals surface area contributed by atoms with E-state index in [1.807, 2.05) is 18.2 Å². The Labute approximate surface area is 172 Å². The van der Waals surface area contributed by atoms with Gasteiger partial charge < -0.3 is 24.4 Å². The zero-order chi connectivity index (χ0) is 20.5. The van der Waals surface area contributed by atoms with Gasteiger partial charge in [-0.15, -0.1) is 0 Å². The molecule has 156 valence electrons. The van der Waals surface area contributed by atoms with Crippen molar-refractivity contribution in [2.75, 3.05) is 65.0 Å². The highest BCUT2D eigenvalue weighted by Gasteiger charge is 2.19. The summed E-state index contributed by atoms with van der Waals surface area (Å²) < 4.78 is 16.1. The molecule has 7 nitrogen and oxygen atoms in total. The van der Waals surface area contributed by atoms with E-state index in [9.17, 15) is 4.79 Å². The number of methoxy groups -OCH3 is 2. The molecule has 0 radical (unpaired) electrons. The minimum atomic E-state index is -0.117. The van der Waals surface area contributed by atoms with Crippen molar-refractivity contribution in [3.8, 4) is 17.2 Å². The number of ether oxygens (including phenoxy) is 3. The van der Waals surface area contributed by atoms with Crippen LogP contribution in [0.3, 0.4) is 0 Å². The fourth-order valence-corrected chi connectivity index (χ4v) is 3.33. The van der Waals surface area contributed by atoms with Crippen LogP contribution in [0.4, 0.5) is 5.69 Å². The summed E-state index contributed by atoms with van der Waals surface area (Å²) in [5.41, 5.74) is 1.14. The molecule has 7 heteroatoms. The van der Waals surface area contributed by atoms with Crippen molar-refractivity contribution in [1.82, 2.24) is 10.2 Å². The number of benzene rings is 2. The predicted octanol–water partition coefficient (Wildman–Crippen LogP) is 2.02. The maximum Gasteiger partial charge on any atom is 0.257 e. The molecule has 2 aromatic carbocycles. The lowest BCUT2D eigenvalue weighted by atomic mass is 10.2. The molecule has 0 atom stereocenters. The molecule has 3 rings (SSSR count). The van der Waals surface area contributed by atoms with Crippen LogP contribution in [0.2, 0.25) is 0 Å². The number of nitrogens with zero attached hydrogens (tertiary/aromatic N) is 2. The number of hydrogen-bond donors (Lipinski definition) is 1. The van der Waals surface area contributed by atoms with Crippen molar-refractivity contribution >= 4 is 11.6 Å². The van der Waals surface area contributed by atoms with E-state index >= 15 is 0 Å². The van der Waals surface area contributed by atoms with E-state index in [1.54, 1.807) is 38.5 Å². The summed E-state index contributed by atoms with van der Waals surface area (Å²) in [4.78, 5) is 16.7. The molecule has 1 fully saturated rings. The summed E-state index contributed by atoms with van der Waals surface area (Å²) >= 11 is 0. The Morgan fingerprint density at radius 1 is 0.931 bits per heavy atom. The number of amides is 1. The number of anilines is 1. The Bertz CT molecular complexity index is 774. The summed E-state index contributed by atoms with van der Waals surface area (Å²) in [5.74, 6) is 2.19. The first-order valence-electron chi connectivity index (χ1n) is 9.83. The van der Waals surface area contributed by atoms with Crippen LogP contribution < -0.4 is 24.4 Å². The second-order valence-electron chi connectivity index (χ2n) is 6.81. The quantitative estimate of drug-likeness (QED) is 0.696. The van der Waals surface area contributed by atoms with Crippen LogP contribution in [0.1, 0.15) is 0 Å². The third-order valence-corrected chi connectivity index (χ3v) is 4.98. The minimum Gasteiger partial charge on any atom is -0.497 e. The summed E-state index contributed by atoms with van der Waals surface area (Å²) in [6.07, 6.45) is 0. The monoisotopic (exact) mass is 399 g/mol. The Hall–Kier alpha value is -2.93. The molecule has 0 spiro atoms. The lowest BCUT2D eigenvalue weighted by molar-refractivity contribution is -0.123. The molecule has 1 N–H and O–H groups in total. The standard InChI is InChI=1S/C22H29N3O4/c1-27-18-7-9-19(10-8-18)29-17-22(26)23-11-12-24-13-15-25(16-14-24)20-5-3-4-6-21(20)28-2/h3-10H,11-17H2,1-2H3,(H,23,26). The van der Waals surface area contributed by atoms with Gasteiger partial charge in [0.15, 0.2) is 6.61 Å². The van der Waals surface area contributed by atoms with E-state index in [0.29, 0.717) is 12.3 Å². The first kappa shape index (κ1) is 20.8. The number of carbonyl (C=O) groups is 1. The Kier molecular flexibility index (Phi) is 7.58. The molecule has 1 saturated heterocycles. The summed E-state index contributed by atoms with van der Waals surface area (Å²) in [6, 6.07) is 15.3. The van der Waals surface area contributed by atoms with Crippen LogP contribution in [0.5, 0.6) is 17.2 Å². The van der Waals surface area contributed by atoms with Crippen molar-refractivity contribution in [2.24, 2.45) is 0 Å². The molecule has 2 aromatic rings. The molecule has 0 saturated carbocycles. The van der Waals surface area contributed by atoms with Crippen molar-refractivity contribution in [2.45, 2.75) is 0 Å². The third kappa shape index (κ3) is 6.02. The number of nitrogens with one attached hydrogen (secondary N) is 1. The lowest BCUT2D eigenvalue weighted by Gasteiger charge is -2.36. The van der Waals surface area contributed by atoms with Gasteiger partial charge >= 0.3 is 0 Å². The maximum absolute atomic E-state index is 12.0. The molecule has 0 unspecified atom stereocenters. The van der Waals surface area contributed by atoms with Gasteiger partial charge in [-0.2, -0.15) is 0 Å². The molecule has 0 aliphatic carbocycles. The van der Waals surface area contributed by atoms with Gasteiger partial charge in [-0.05, 0) is 36.4 Å². The van der Waals surface area contributed by atoms with E-state index in [0.717, 1.165) is 49.9 Å². The van der Waals surface area contributed by atoms with E-state index < -0.39 is 0 Å². The van der Waals surface area contributed by atoms with Gasteiger partial charge in [-0.25, -0.2) is 0 Å². The number of para-hydroxylation sites is 2. The van der Waals surface area contributed by atoms with Crippen LogP contribution in [0.25, 0.3) is 0 Å². The highest BCUT2D eigenvalue weighted by Crippen LogP contribution is 2.28. The predicted molar refractivity (Wildman–Crippen MR) is 113 cm³/mol. The second kappa shape index (κ2) is 10.6. The fraction of sp³-hybridized carbons (Fsp3) is 0.409. The summed E-state index contributed by atoms with van der Waals surface area (Å²) in [5, 5.41) is 2.92. The van der Waals surface area contributed by atoms with Gasteiger partial charge in [0, 0.05) is 39.3 Å². The molecular weight excluding hydrogens is 370 g/mol. The smallest absolute Gasteiger partial charge is 0.257 e. The average Bonchev–Trinajstić information content (AvgIpc) is 2.78. The van der Waals surface area contributed by atoms with Gasteiger partial charge in [0.1, 0.15) is 17.2 Å². The van der Waals surface area contributed by atoms with Crippen molar-refractivity contribution in [3.05, 3.63) is 48.5 Å². The molecule has 29 heavy (non-hydrogen) atoms. The van der Waals surface area contributed by atoms with E-state index in [-0.39, 0.29) is 12.5 Å². The topological polar surface area (TPSA) is 63.3 Å². The zero-order valence-corrected chi connectivity index (χ0v) is 17.1. The largest absolute Gasteiger partial charge is 0.497 e. The first-order valence-corrected chi connectivity index (χ1v) is 9.83. The zero-order valence-electron chi connectivity index (χ0n) is 17.1. The van der Waals surface area contributed by atoms with Gasteiger partial charge in [-0.1, -0.05) is 12.1 Å². The number of carbonyl (C=O) groups excluding carboxylic acids is 1. The van der Waals surface area contributed by atoms with Gasteiger partial charge in [-0.3, -0.25) is 9.69 Å². The molecule has 1 aliphatic rings. The third-order valence-electron chi connectivity index (χ3n) is 4.98. The average molecular weight is 399 g/mol. The van der Waals surface area contributed by atoms with Crippen LogP contribution in [-0.2, 0) is 4.79 Å². The van der Waals surface area contributed by atoms with E-state index in [2.05, 4.69) is 21.2 Å². The van der Waals surface area contributed by atoms with E-state index in [4.69, 9.17) is 14.2 Å². The fourth-order valence-electron chi connectivity index (χ4n) is 3.33. The number of rotatable bonds is 9. The van der Waals surface area contributed by atoms with Crippen LogP contribution >= 0.6 is 0 Å². The van der Waals surface area contributed by atoms with Gasteiger partial charge in [0.25, 0.3) is 5.91 Å². The summed E-state index contributed by atoms with van der Waals surface area (Å²) in [7, 11) is 3.32. The Balaban J connectivity index is 1.33. The molecule has 1 aliphatic heterocycles. The lowest BCUT2D eigenvalue weighted by Crippen LogP contribution is -2.48. The van der Waals surface area contributed by atoms with Crippen molar-refractivity contribution < 1.29 is 19.0 Å². The van der Waals surface area contributed by atoms with Crippen molar-refractivity contribution in [1.29, 1.82) is 0 Å². The molecule has 0 bridgehead atoms. The summed E-state index contributed by atoms with van der Waals surface area (Å²) in [6.45, 7) is 5.23. The van der Waals surface area contributed by atoms with Crippen LogP contribution in [0, 0.1) is 0 Å². The first-order chi connectivity index (χ1) is 14.2. The number of hydrogen-bond acceptors (Lipinski definition) is 6. The van der Waals surface area contributed by atoms with Gasteiger partial charge in [0.2, 0.25) is 0 Å². The van der Waals surface area contributed by atoms with Crippen LogP contribution in [0.15, 0.2) is 48.5 Å². The highest BCUT2D eigenvalue weighted by atomic mass is 16.5. The normalized spacial score (nSPS) is 14.3. The van der Waals surface area contributed by atoms with Crippen molar-refractivity contribution in [3.63, 3.8) is 0 Å². The SMILES string of the molecule is COc1ccc(OCC(=O)NCCN2CCN(c3ccccc3OC)CC2)cc1. The van der Waals surface area contributed by atoms with E-state index in [1.165, 1.54) is 0 Å². The van der Waals surface area contributed by atoms with Crippen LogP contribution in [-0.4, -0.2) is 70.9 Å². The Morgan fingerprint density at radius 2 is 1.62 bits per heavy atom.